The molecule has 1 aliphatic heterocycles. The van der Waals surface area contributed by atoms with Gasteiger partial charge in [-0.15, -0.1) is 0 Å². The Bertz CT molecular complexity index is 876. The molecule has 1 aliphatic carbocycles. The van der Waals surface area contributed by atoms with E-state index in [0.717, 1.165) is 24.3 Å². The highest BCUT2D eigenvalue weighted by atomic mass is 16.3. The van der Waals surface area contributed by atoms with E-state index in [2.05, 4.69) is 4.98 Å². The summed E-state index contributed by atoms with van der Waals surface area (Å²) in [6.45, 7) is 5.55. The maximum atomic E-state index is 12.9. The fraction of sp³-hybridized carbons (Fsp3) is 0.476. The van der Waals surface area contributed by atoms with Crippen LogP contribution in [0, 0.1) is 25.2 Å². The molecule has 0 radical (unpaired) electrons. The predicted octanol–water partition coefficient (Wildman–Crippen LogP) is 2.80. The minimum atomic E-state index is -0.0438. The van der Waals surface area contributed by atoms with Gasteiger partial charge in [0.1, 0.15) is 11.5 Å². The molecule has 2 aromatic rings. The molecule has 2 aliphatic rings. The summed E-state index contributed by atoms with van der Waals surface area (Å²) in [5.41, 5.74) is 1.48. The van der Waals surface area contributed by atoms with Gasteiger partial charge in [-0.3, -0.25) is 14.6 Å². The molecule has 6 nitrogen and oxygen atoms in total. The molecule has 2 unspecified atom stereocenters. The van der Waals surface area contributed by atoms with E-state index in [1.54, 1.807) is 17.2 Å². The first-order valence-corrected chi connectivity index (χ1v) is 9.41. The lowest BCUT2D eigenvalue weighted by molar-refractivity contribution is -0.132. The number of carbonyl (C=O) groups excluding carboxylic acids is 2. The van der Waals surface area contributed by atoms with Crippen LogP contribution in [0.5, 0.6) is 0 Å². The predicted molar refractivity (Wildman–Crippen MR) is 100.0 cm³/mol. The van der Waals surface area contributed by atoms with Crippen molar-refractivity contribution in [1.82, 2.24) is 14.8 Å². The minimum Gasteiger partial charge on any atom is -0.466 e. The zero-order chi connectivity index (χ0) is 19.2. The second kappa shape index (κ2) is 6.51. The van der Waals surface area contributed by atoms with Crippen LogP contribution in [0.3, 0.4) is 0 Å². The highest BCUT2D eigenvalue weighted by Gasteiger charge is 2.62. The zero-order valence-corrected chi connectivity index (χ0v) is 16.1. The van der Waals surface area contributed by atoms with Crippen molar-refractivity contribution < 1.29 is 14.0 Å². The zero-order valence-electron chi connectivity index (χ0n) is 16.1. The summed E-state index contributed by atoms with van der Waals surface area (Å²) in [6, 6.07) is 7.53. The minimum absolute atomic E-state index is 0.0104. The third kappa shape index (κ3) is 3.24. The molecule has 27 heavy (non-hydrogen) atoms. The SMILES string of the molecule is Cc1cc(C(=O)N2CCC3(CC3C(=O)N(C)Cc3ccccn3)C2)c(C)o1. The first kappa shape index (κ1) is 17.8. The van der Waals surface area contributed by atoms with Crippen LogP contribution in [0.2, 0.25) is 0 Å². The number of likely N-dealkylation sites (tertiary alicyclic amines) is 1. The number of amides is 2. The summed E-state index contributed by atoms with van der Waals surface area (Å²) in [6.07, 6.45) is 3.50. The molecule has 3 heterocycles. The number of carbonyl (C=O) groups is 2. The van der Waals surface area contributed by atoms with E-state index in [1.165, 1.54) is 0 Å². The van der Waals surface area contributed by atoms with Crippen molar-refractivity contribution in [2.45, 2.75) is 33.2 Å². The lowest BCUT2D eigenvalue weighted by Gasteiger charge is -2.19. The highest BCUT2D eigenvalue weighted by Crippen LogP contribution is 2.59. The quantitative estimate of drug-likeness (QED) is 0.833. The number of furan rings is 1. The van der Waals surface area contributed by atoms with Crippen LogP contribution in [0.25, 0.3) is 0 Å². The van der Waals surface area contributed by atoms with E-state index < -0.39 is 0 Å². The molecule has 0 bridgehead atoms. The maximum absolute atomic E-state index is 12.9. The Hall–Kier alpha value is -2.63. The number of hydrogen-bond acceptors (Lipinski definition) is 4. The molecule has 1 spiro atoms. The summed E-state index contributed by atoms with van der Waals surface area (Å²) in [4.78, 5) is 33.6. The van der Waals surface area contributed by atoms with Crippen molar-refractivity contribution in [3.63, 3.8) is 0 Å². The van der Waals surface area contributed by atoms with Crippen molar-refractivity contribution in [3.05, 3.63) is 53.2 Å². The molecule has 2 amide bonds. The van der Waals surface area contributed by atoms with Crippen LogP contribution in [0.1, 0.15) is 40.4 Å². The number of pyridine rings is 1. The van der Waals surface area contributed by atoms with Crippen molar-refractivity contribution in [3.8, 4) is 0 Å². The molecular weight excluding hydrogens is 342 g/mol. The first-order chi connectivity index (χ1) is 12.9. The normalized spacial score (nSPS) is 23.7. The number of nitrogens with zero attached hydrogens (tertiary/aromatic N) is 3. The van der Waals surface area contributed by atoms with Gasteiger partial charge in [-0.25, -0.2) is 0 Å². The van der Waals surface area contributed by atoms with Crippen LogP contribution in [-0.4, -0.2) is 46.7 Å². The Morgan fingerprint density at radius 1 is 1.37 bits per heavy atom. The number of rotatable bonds is 4. The van der Waals surface area contributed by atoms with Crippen LogP contribution >= 0.6 is 0 Å². The first-order valence-electron chi connectivity index (χ1n) is 9.41. The number of aryl methyl sites for hydroxylation is 2. The number of aromatic nitrogens is 1. The Labute approximate surface area is 159 Å². The lowest BCUT2D eigenvalue weighted by atomic mass is 10.0. The summed E-state index contributed by atoms with van der Waals surface area (Å²) < 4.78 is 5.50. The van der Waals surface area contributed by atoms with Crippen LogP contribution in [0.4, 0.5) is 0 Å². The Morgan fingerprint density at radius 2 is 2.19 bits per heavy atom. The van der Waals surface area contributed by atoms with Gasteiger partial charge in [0.2, 0.25) is 5.91 Å². The second-order valence-electron chi connectivity index (χ2n) is 7.94. The summed E-state index contributed by atoms with van der Waals surface area (Å²) >= 11 is 0. The molecule has 1 saturated carbocycles. The molecule has 1 saturated heterocycles. The molecule has 2 atom stereocenters. The molecule has 2 fully saturated rings. The van der Waals surface area contributed by atoms with Gasteiger partial charge in [0.15, 0.2) is 0 Å². The van der Waals surface area contributed by atoms with Gasteiger partial charge in [0.05, 0.1) is 17.8 Å². The van der Waals surface area contributed by atoms with Gasteiger partial charge in [-0.1, -0.05) is 6.07 Å². The standard InChI is InChI=1S/C21H25N3O3/c1-14-10-17(15(2)27-14)19(25)24-9-7-21(13-24)11-18(21)20(26)23(3)12-16-6-4-5-8-22-16/h4-6,8,10,18H,7,9,11-13H2,1-3H3. The van der Waals surface area contributed by atoms with Crippen molar-refractivity contribution >= 4 is 11.8 Å². The summed E-state index contributed by atoms with van der Waals surface area (Å²) in [5.74, 6) is 1.60. The van der Waals surface area contributed by atoms with E-state index in [1.807, 2.05) is 44.0 Å². The number of hydrogen-bond donors (Lipinski definition) is 0. The molecule has 2 aromatic heterocycles. The molecule has 142 valence electrons. The summed E-state index contributed by atoms with van der Waals surface area (Å²) in [7, 11) is 1.83. The van der Waals surface area contributed by atoms with Gasteiger partial charge < -0.3 is 14.2 Å². The third-order valence-electron chi connectivity index (χ3n) is 5.93. The van der Waals surface area contributed by atoms with Gasteiger partial charge in [0.25, 0.3) is 5.91 Å². The van der Waals surface area contributed by atoms with E-state index in [-0.39, 0.29) is 23.1 Å². The van der Waals surface area contributed by atoms with Crippen molar-refractivity contribution in [1.29, 1.82) is 0 Å². The smallest absolute Gasteiger partial charge is 0.257 e. The average molecular weight is 367 g/mol. The Morgan fingerprint density at radius 3 is 2.85 bits per heavy atom. The molecule has 0 aromatic carbocycles. The van der Waals surface area contributed by atoms with Gasteiger partial charge in [-0.2, -0.15) is 0 Å². The van der Waals surface area contributed by atoms with Gasteiger partial charge in [0, 0.05) is 37.7 Å². The van der Waals surface area contributed by atoms with E-state index in [4.69, 9.17) is 4.42 Å². The monoisotopic (exact) mass is 367 g/mol. The largest absolute Gasteiger partial charge is 0.466 e. The highest BCUT2D eigenvalue weighted by molar-refractivity contribution is 5.95. The Balaban J connectivity index is 1.38. The fourth-order valence-corrected chi connectivity index (χ4v) is 4.31. The van der Waals surface area contributed by atoms with Crippen LogP contribution in [0.15, 0.2) is 34.9 Å². The molecule has 4 rings (SSSR count). The van der Waals surface area contributed by atoms with Gasteiger partial charge >= 0.3 is 0 Å². The van der Waals surface area contributed by atoms with E-state index in [9.17, 15) is 9.59 Å². The van der Waals surface area contributed by atoms with Crippen LogP contribution < -0.4 is 0 Å². The molecule has 6 heteroatoms. The Kier molecular flexibility index (Phi) is 4.29. The average Bonchev–Trinajstić information content (AvgIpc) is 2.99. The van der Waals surface area contributed by atoms with Crippen molar-refractivity contribution in [2.75, 3.05) is 20.1 Å². The van der Waals surface area contributed by atoms with Crippen LogP contribution in [-0.2, 0) is 11.3 Å². The molecule has 0 N–H and O–H groups in total. The van der Waals surface area contributed by atoms with Crippen molar-refractivity contribution in [2.24, 2.45) is 11.3 Å². The second-order valence-corrected chi connectivity index (χ2v) is 7.94. The van der Waals surface area contributed by atoms with Gasteiger partial charge in [-0.05, 0) is 44.9 Å². The third-order valence-corrected chi connectivity index (χ3v) is 5.93. The van der Waals surface area contributed by atoms with E-state index >= 15 is 0 Å². The summed E-state index contributed by atoms with van der Waals surface area (Å²) in [5, 5.41) is 0. The maximum Gasteiger partial charge on any atom is 0.257 e. The topological polar surface area (TPSA) is 66.7 Å². The molecular formula is C21H25N3O3. The fourth-order valence-electron chi connectivity index (χ4n) is 4.31. The lowest BCUT2D eigenvalue weighted by Crippen LogP contribution is -2.32. The van der Waals surface area contributed by atoms with E-state index in [0.29, 0.717) is 31.0 Å².